The van der Waals surface area contributed by atoms with Crippen LogP contribution in [0, 0.1) is 0 Å². The van der Waals surface area contributed by atoms with Crippen LogP contribution in [0.4, 0.5) is 0 Å². The Hall–Kier alpha value is -2.63. The van der Waals surface area contributed by atoms with Crippen LogP contribution < -0.4 is 0 Å². The number of hydrogen-bond donors (Lipinski definition) is 1. The molecule has 1 unspecified atom stereocenters. The summed E-state index contributed by atoms with van der Waals surface area (Å²) >= 11 is 0. The predicted octanol–water partition coefficient (Wildman–Crippen LogP) is 2.20. The van der Waals surface area contributed by atoms with Gasteiger partial charge in [0.05, 0.1) is 0 Å². The molecule has 1 fully saturated rings. The van der Waals surface area contributed by atoms with Crippen molar-refractivity contribution in [1.82, 2.24) is 10.1 Å². The van der Waals surface area contributed by atoms with Gasteiger partial charge in [-0.1, -0.05) is 29.4 Å². The van der Waals surface area contributed by atoms with Gasteiger partial charge in [0, 0.05) is 24.9 Å². The summed E-state index contributed by atoms with van der Waals surface area (Å²) in [6, 6.07) is 8.39. The van der Waals surface area contributed by atoms with Crippen LogP contribution in [0.2, 0.25) is 0 Å². The predicted molar refractivity (Wildman–Crippen MR) is 79.9 cm³/mol. The molecule has 1 aromatic heterocycles. The number of aromatic nitrogens is 1. The third-order valence-corrected chi connectivity index (χ3v) is 4.52. The van der Waals surface area contributed by atoms with Gasteiger partial charge in [0.25, 0.3) is 5.91 Å². The molecule has 1 saturated carbocycles. The molecule has 0 spiro atoms. The third-order valence-electron chi connectivity index (χ3n) is 4.52. The second-order valence-corrected chi connectivity index (χ2v) is 6.15. The average Bonchev–Trinajstić information content (AvgIpc) is 3.30. The van der Waals surface area contributed by atoms with Crippen molar-refractivity contribution in [3.8, 4) is 0 Å². The Morgan fingerprint density at radius 1 is 1.22 bits per heavy atom. The monoisotopic (exact) mass is 312 g/mol. The first-order valence-corrected chi connectivity index (χ1v) is 7.70. The van der Waals surface area contributed by atoms with E-state index in [-0.39, 0.29) is 18.1 Å². The Morgan fingerprint density at radius 3 is 2.65 bits per heavy atom. The topological polar surface area (TPSA) is 83.6 Å². The average molecular weight is 312 g/mol. The van der Waals surface area contributed by atoms with Crippen LogP contribution in [0.1, 0.15) is 46.1 Å². The highest BCUT2D eigenvalue weighted by molar-refractivity contribution is 5.95. The molecule has 6 heteroatoms. The lowest BCUT2D eigenvalue weighted by molar-refractivity contribution is -0.142. The Balaban J connectivity index is 1.64. The first-order chi connectivity index (χ1) is 11.1. The van der Waals surface area contributed by atoms with Crippen molar-refractivity contribution in [3.63, 3.8) is 0 Å². The summed E-state index contributed by atoms with van der Waals surface area (Å²) in [6.07, 6.45) is 2.42. The lowest BCUT2D eigenvalue weighted by Crippen LogP contribution is -2.48. The normalized spacial score (nSPS) is 20.2. The van der Waals surface area contributed by atoms with E-state index in [1.54, 1.807) is 6.07 Å². The molecule has 1 aliphatic carbocycles. The largest absolute Gasteiger partial charge is 0.480 e. The molecule has 1 N–H and O–H groups in total. The number of aliphatic carboxylic acids is 1. The Bertz CT molecular complexity index is 778. The summed E-state index contributed by atoms with van der Waals surface area (Å²) < 4.78 is 5.22. The van der Waals surface area contributed by atoms with E-state index >= 15 is 0 Å². The zero-order valence-electron chi connectivity index (χ0n) is 12.4. The fourth-order valence-electron chi connectivity index (χ4n) is 3.05. The van der Waals surface area contributed by atoms with Crippen LogP contribution in [-0.2, 0) is 17.8 Å². The van der Waals surface area contributed by atoms with E-state index in [0.29, 0.717) is 12.3 Å². The van der Waals surface area contributed by atoms with Gasteiger partial charge in [-0.05, 0) is 24.0 Å². The van der Waals surface area contributed by atoms with E-state index in [0.717, 1.165) is 29.7 Å². The van der Waals surface area contributed by atoms with Gasteiger partial charge in [0.15, 0.2) is 5.69 Å². The second kappa shape index (κ2) is 5.22. The quantitative estimate of drug-likeness (QED) is 0.939. The standard InChI is InChI=1S/C17H16N2O4/c20-16(13-8-15(23-18-13)10-5-6-10)19-9-12-4-2-1-3-11(12)7-14(19)17(21)22/h1-4,8,10,14H,5-7,9H2,(H,21,22). The van der Waals surface area contributed by atoms with Crippen molar-refractivity contribution in [2.75, 3.05) is 0 Å². The van der Waals surface area contributed by atoms with E-state index in [1.807, 2.05) is 24.3 Å². The van der Waals surface area contributed by atoms with Gasteiger partial charge in [-0.2, -0.15) is 0 Å². The summed E-state index contributed by atoms with van der Waals surface area (Å²) in [7, 11) is 0. The van der Waals surface area contributed by atoms with Crippen molar-refractivity contribution < 1.29 is 19.2 Å². The number of carbonyl (C=O) groups is 2. The maximum absolute atomic E-state index is 12.7. The van der Waals surface area contributed by atoms with Gasteiger partial charge < -0.3 is 14.5 Å². The van der Waals surface area contributed by atoms with Crippen molar-refractivity contribution >= 4 is 11.9 Å². The molecule has 1 amide bonds. The maximum atomic E-state index is 12.7. The summed E-state index contributed by atoms with van der Waals surface area (Å²) in [6.45, 7) is 0.275. The molecular weight excluding hydrogens is 296 g/mol. The summed E-state index contributed by atoms with van der Waals surface area (Å²) in [5, 5.41) is 13.3. The van der Waals surface area contributed by atoms with Gasteiger partial charge in [-0.25, -0.2) is 4.79 Å². The number of hydrogen-bond acceptors (Lipinski definition) is 4. The fraction of sp³-hybridized carbons (Fsp3) is 0.353. The van der Waals surface area contributed by atoms with E-state index in [2.05, 4.69) is 5.16 Å². The van der Waals surface area contributed by atoms with Crippen LogP contribution in [0.3, 0.4) is 0 Å². The number of amides is 1. The third kappa shape index (κ3) is 2.50. The Kier molecular flexibility index (Phi) is 3.18. The number of nitrogens with zero attached hydrogens (tertiary/aromatic N) is 2. The molecule has 0 saturated heterocycles. The van der Waals surface area contributed by atoms with Crippen LogP contribution in [0.15, 0.2) is 34.9 Å². The van der Waals surface area contributed by atoms with Crippen molar-refractivity contribution in [2.24, 2.45) is 0 Å². The molecule has 23 heavy (non-hydrogen) atoms. The Labute approximate surface area is 132 Å². The highest BCUT2D eigenvalue weighted by Gasteiger charge is 2.37. The molecule has 2 aliphatic rings. The molecule has 2 heterocycles. The lowest BCUT2D eigenvalue weighted by atomic mass is 9.93. The van der Waals surface area contributed by atoms with Gasteiger partial charge in [-0.3, -0.25) is 4.79 Å². The molecule has 0 bridgehead atoms. The van der Waals surface area contributed by atoms with E-state index in [1.165, 1.54) is 4.90 Å². The van der Waals surface area contributed by atoms with Crippen LogP contribution in [-0.4, -0.2) is 33.1 Å². The number of carboxylic acids is 1. The molecule has 1 atom stereocenters. The molecule has 1 aromatic carbocycles. The first-order valence-electron chi connectivity index (χ1n) is 7.70. The second-order valence-electron chi connectivity index (χ2n) is 6.15. The maximum Gasteiger partial charge on any atom is 0.326 e. The van der Waals surface area contributed by atoms with Crippen molar-refractivity contribution in [1.29, 1.82) is 0 Å². The van der Waals surface area contributed by atoms with Gasteiger partial charge >= 0.3 is 5.97 Å². The molecule has 6 nitrogen and oxygen atoms in total. The van der Waals surface area contributed by atoms with Gasteiger partial charge in [0.1, 0.15) is 11.8 Å². The van der Waals surface area contributed by atoms with Crippen LogP contribution in [0.25, 0.3) is 0 Å². The minimum absolute atomic E-state index is 0.192. The number of rotatable bonds is 3. The fourth-order valence-corrected chi connectivity index (χ4v) is 3.05. The number of benzene rings is 1. The van der Waals surface area contributed by atoms with E-state index < -0.39 is 12.0 Å². The molecular formula is C17H16N2O4. The number of carbonyl (C=O) groups excluding carboxylic acids is 1. The van der Waals surface area contributed by atoms with Gasteiger partial charge in [-0.15, -0.1) is 0 Å². The van der Waals surface area contributed by atoms with Crippen molar-refractivity contribution in [3.05, 3.63) is 52.9 Å². The van der Waals surface area contributed by atoms with E-state index in [9.17, 15) is 14.7 Å². The molecule has 0 radical (unpaired) electrons. The zero-order chi connectivity index (χ0) is 16.0. The zero-order valence-corrected chi connectivity index (χ0v) is 12.4. The summed E-state index contributed by atoms with van der Waals surface area (Å²) in [5.41, 5.74) is 2.14. The van der Waals surface area contributed by atoms with E-state index in [4.69, 9.17) is 4.52 Å². The number of fused-ring (bicyclic) bond motifs is 1. The van der Waals surface area contributed by atoms with Crippen LogP contribution >= 0.6 is 0 Å². The van der Waals surface area contributed by atoms with Crippen molar-refractivity contribution in [2.45, 2.75) is 37.8 Å². The van der Waals surface area contributed by atoms with Crippen LogP contribution in [0.5, 0.6) is 0 Å². The van der Waals surface area contributed by atoms with Gasteiger partial charge in [0.2, 0.25) is 0 Å². The molecule has 118 valence electrons. The molecule has 1 aliphatic heterocycles. The minimum atomic E-state index is -1.00. The lowest BCUT2D eigenvalue weighted by Gasteiger charge is -2.33. The smallest absolute Gasteiger partial charge is 0.326 e. The first kappa shape index (κ1) is 14.0. The minimum Gasteiger partial charge on any atom is -0.480 e. The Morgan fingerprint density at radius 2 is 1.96 bits per heavy atom. The molecule has 4 rings (SSSR count). The molecule has 2 aromatic rings. The highest BCUT2D eigenvalue weighted by Crippen LogP contribution is 2.40. The number of carboxylic acid groups (broad SMARTS) is 1. The highest BCUT2D eigenvalue weighted by atomic mass is 16.5. The SMILES string of the molecule is O=C(O)C1Cc2ccccc2CN1C(=O)c1cc(C2CC2)on1. The summed E-state index contributed by atoms with van der Waals surface area (Å²) in [4.78, 5) is 25.7. The summed E-state index contributed by atoms with van der Waals surface area (Å²) in [5.74, 6) is -0.305.